The molecule has 2 aliphatic rings. The van der Waals surface area contributed by atoms with E-state index in [4.69, 9.17) is 4.74 Å². The number of nitrogens with zero attached hydrogens (tertiary/aromatic N) is 2. The Morgan fingerprint density at radius 1 is 1.47 bits per heavy atom. The predicted molar refractivity (Wildman–Crippen MR) is 73.1 cm³/mol. The first kappa shape index (κ1) is 12.8. The molecule has 2 atom stereocenters. The van der Waals surface area contributed by atoms with Crippen LogP contribution in [-0.2, 0) is 4.74 Å². The van der Waals surface area contributed by atoms with Gasteiger partial charge in [-0.25, -0.2) is 4.98 Å². The molecule has 0 aromatic carbocycles. The summed E-state index contributed by atoms with van der Waals surface area (Å²) in [4.78, 5) is 14.8. The second-order valence-electron chi connectivity index (χ2n) is 4.99. The first-order chi connectivity index (χ1) is 9.15. The van der Waals surface area contributed by atoms with Crippen LogP contribution in [0, 0.1) is 16.0 Å². The number of hydrogen-bond donors (Lipinski definition) is 1. The van der Waals surface area contributed by atoms with Gasteiger partial charge in [0.25, 0.3) is 0 Å². The van der Waals surface area contributed by atoms with Crippen LogP contribution in [0.4, 0.5) is 11.5 Å². The van der Waals surface area contributed by atoms with E-state index in [1.165, 1.54) is 18.9 Å². The molecular weight excluding hydrogens is 314 g/mol. The maximum absolute atomic E-state index is 11.0. The maximum atomic E-state index is 11.0. The number of halogens is 1. The fourth-order valence-corrected chi connectivity index (χ4v) is 2.83. The van der Waals surface area contributed by atoms with Crippen molar-refractivity contribution < 1.29 is 9.66 Å². The Labute approximate surface area is 118 Å². The molecule has 0 spiro atoms. The van der Waals surface area contributed by atoms with E-state index in [-0.39, 0.29) is 17.8 Å². The van der Waals surface area contributed by atoms with Crippen LogP contribution in [0.5, 0.6) is 0 Å². The summed E-state index contributed by atoms with van der Waals surface area (Å²) in [6, 6.07) is 1.59. The third-order valence-electron chi connectivity index (χ3n) is 3.58. The number of hydrogen-bond acceptors (Lipinski definition) is 5. The van der Waals surface area contributed by atoms with Crippen LogP contribution in [-0.4, -0.2) is 28.7 Å². The van der Waals surface area contributed by atoms with Crippen LogP contribution in [0.25, 0.3) is 0 Å². The van der Waals surface area contributed by atoms with Crippen LogP contribution >= 0.6 is 15.9 Å². The van der Waals surface area contributed by atoms with Gasteiger partial charge in [0.2, 0.25) is 5.82 Å². The fourth-order valence-electron chi connectivity index (χ4n) is 2.51. The minimum Gasteiger partial charge on any atom is -0.376 e. The molecule has 6 nitrogen and oxygen atoms in total. The van der Waals surface area contributed by atoms with E-state index in [1.807, 2.05) is 0 Å². The first-order valence-corrected chi connectivity index (χ1v) is 7.12. The SMILES string of the molecule is O=[N+]([O-])c1cc(Br)cnc1NC1CCOC1C1CC1. The van der Waals surface area contributed by atoms with Crippen LogP contribution in [0.2, 0.25) is 0 Å². The lowest BCUT2D eigenvalue weighted by atomic mass is 10.1. The molecule has 1 aliphatic heterocycles. The van der Waals surface area contributed by atoms with E-state index in [2.05, 4.69) is 26.2 Å². The molecule has 1 N–H and O–H groups in total. The molecule has 1 aromatic heterocycles. The molecule has 19 heavy (non-hydrogen) atoms. The predicted octanol–water partition coefficient (Wildman–Crippen LogP) is 2.73. The van der Waals surface area contributed by atoms with E-state index in [9.17, 15) is 10.1 Å². The molecule has 1 aliphatic carbocycles. The summed E-state index contributed by atoms with van der Waals surface area (Å²) in [6.07, 6.45) is 5.00. The second-order valence-corrected chi connectivity index (χ2v) is 5.91. The maximum Gasteiger partial charge on any atom is 0.312 e. The van der Waals surface area contributed by atoms with Crippen molar-refractivity contribution in [2.24, 2.45) is 5.92 Å². The highest BCUT2D eigenvalue weighted by atomic mass is 79.9. The highest BCUT2D eigenvalue weighted by Crippen LogP contribution is 2.40. The van der Waals surface area contributed by atoms with Gasteiger partial charge in [-0.15, -0.1) is 0 Å². The normalized spacial score (nSPS) is 26.4. The Balaban J connectivity index is 1.80. The molecule has 1 aromatic rings. The van der Waals surface area contributed by atoms with Crippen molar-refractivity contribution in [1.82, 2.24) is 4.98 Å². The zero-order chi connectivity index (χ0) is 13.4. The smallest absolute Gasteiger partial charge is 0.312 e. The van der Waals surface area contributed by atoms with Gasteiger partial charge in [-0.05, 0) is 41.1 Å². The van der Waals surface area contributed by atoms with Crippen molar-refractivity contribution in [3.8, 4) is 0 Å². The minimum atomic E-state index is -0.415. The monoisotopic (exact) mass is 327 g/mol. The topological polar surface area (TPSA) is 77.3 Å². The Hall–Kier alpha value is -1.21. The minimum absolute atomic E-state index is 0.00387. The zero-order valence-corrected chi connectivity index (χ0v) is 11.8. The van der Waals surface area contributed by atoms with E-state index in [1.54, 1.807) is 6.20 Å². The quantitative estimate of drug-likeness (QED) is 0.679. The summed E-state index contributed by atoms with van der Waals surface area (Å²) in [5, 5.41) is 14.2. The summed E-state index contributed by atoms with van der Waals surface area (Å²) < 4.78 is 6.32. The number of anilines is 1. The van der Waals surface area contributed by atoms with Gasteiger partial charge >= 0.3 is 5.69 Å². The van der Waals surface area contributed by atoms with E-state index >= 15 is 0 Å². The Kier molecular flexibility index (Phi) is 3.40. The van der Waals surface area contributed by atoms with Crippen molar-refractivity contribution in [3.05, 3.63) is 26.9 Å². The highest BCUT2D eigenvalue weighted by Gasteiger charge is 2.41. The van der Waals surface area contributed by atoms with Gasteiger partial charge in [0.05, 0.1) is 17.1 Å². The van der Waals surface area contributed by atoms with Crippen LogP contribution in [0.15, 0.2) is 16.7 Å². The number of rotatable bonds is 4. The molecule has 0 radical (unpaired) electrons. The lowest BCUT2D eigenvalue weighted by molar-refractivity contribution is -0.384. The standard InChI is InChI=1S/C12H14BrN3O3/c13-8-5-10(16(17)18)12(14-6-8)15-9-3-4-19-11(9)7-1-2-7/h5-7,9,11H,1-4H2,(H,14,15). The third-order valence-corrected chi connectivity index (χ3v) is 4.01. The van der Waals surface area contributed by atoms with E-state index in [0.717, 1.165) is 6.42 Å². The van der Waals surface area contributed by atoms with Crippen LogP contribution in [0.3, 0.4) is 0 Å². The van der Waals surface area contributed by atoms with Crippen molar-refractivity contribution >= 4 is 27.4 Å². The number of pyridine rings is 1. The molecule has 2 unspecified atom stereocenters. The van der Waals surface area contributed by atoms with Gasteiger partial charge in [-0.2, -0.15) is 0 Å². The van der Waals surface area contributed by atoms with Gasteiger partial charge in [0.15, 0.2) is 0 Å². The third kappa shape index (κ3) is 2.71. The fraction of sp³-hybridized carbons (Fsp3) is 0.583. The lowest BCUT2D eigenvalue weighted by Gasteiger charge is -2.19. The van der Waals surface area contributed by atoms with Crippen molar-refractivity contribution in [1.29, 1.82) is 0 Å². The number of nitrogens with one attached hydrogen (secondary N) is 1. The lowest BCUT2D eigenvalue weighted by Crippen LogP contribution is -2.31. The second kappa shape index (κ2) is 5.05. The Bertz CT molecular complexity index is 507. The molecule has 7 heteroatoms. The summed E-state index contributed by atoms with van der Waals surface area (Å²) in [7, 11) is 0. The van der Waals surface area contributed by atoms with Gasteiger partial charge < -0.3 is 10.1 Å². The Morgan fingerprint density at radius 2 is 2.26 bits per heavy atom. The van der Waals surface area contributed by atoms with Crippen molar-refractivity contribution in [3.63, 3.8) is 0 Å². The molecule has 102 valence electrons. The largest absolute Gasteiger partial charge is 0.376 e. The molecule has 2 heterocycles. The number of ether oxygens (including phenoxy) is 1. The molecular formula is C12H14BrN3O3. The van der Waals surface area contributed by atoms with Crippen molar-refractivity contribution in [2.45, 2.75) is 31.4 Å². The summed E-state index contributed by atoms with van der Waals surface area (Å²) in [5.41, 5.74) is -0.00387. The summed E-state index contributed by atoms with van der Waals surface area (Å²) >= 11 is 3.20. The van der Waals surface area contributed by atoms with Gasteiger partial charge in [-0.3, -0.25) is 10.1 Å². The zero-order valence-electron chi connectivity index (χ0n) is 10.2. The molecule has 1 saturated carbocycles. The summed E-state index contributed by atoms with van der Waals surface area (Å²) in [6.45, 7) is 0.711. The first-order valence-electron chi connectivity index (χ1n) is 6.33. The molecule has 2 fully saturated rings. The van der Waals surface area contributed by atoms with Gasteiger partial charge in [0.1, 0.15) is 0 Å². The number of nitro groups is 1. The van der Waals surface area contributed by atoms with Crippen LogP contribution < -0.4 is 5.32 Å². The Morgan fingerprint density at radius 3 is 2.95 bits per heavy atom. The van der Waals surface area contributed by atoms with E-state index in [0.29, 0.717) is 22.8 Å². The summed E-state index contributed by atoms with van der Waals surface area (Å²) in [5.74, 6) is 0.934. The average Bonchev–Trinajstić information content (AvgIpc) is 3.12. The van der Waals surface area contributed by atoms with E-state index < -0.39 is 4.92 Å². The molecule has 0 bridgehead atoms. The molecule has 3 rings (SSSR count). The van der Waals surface area contributed by atoms with Crippen LogP contribution in [0.1, 0.15) is 19.3 Å². The average molecular weight is 328 g/mol. The van der Waals surface area contributed by atoms with Gasteiger partial charge in [0, 0.05) is 23.3 Å². The van der Waals surface area contributed by atoms with Crippen molar-refractivity contribution in [2.75, 3.05) is 11.9 Å². The number of aromatic nitrogens is 1. The van der Waals surface area contributed by atoms with Gasteiger partial charge in [-0.1, -0.05) is 0 Å². The molecule has 1 saturated heterocycles. The highest BCUT2D eigenvalue weighted by molar-refractivity contribution is 9.10. The molecule has 0 amide bonds.